The molecule has 1 fully saturated rings. The molecule has 0 radical (unpaired) electrons. The van der Waals surface area contributed by atoms with Crippen LogP contribution in [0.5, 0.6) is 0 Å². The van der Waals surface area contributed by atoms with E-state index in [-0.39, 0.29) is 18.7 Å². The molecule has 0 amide bonds. The Bertz CT molecular complexity index is 131. The standard InChI is InChI=1S/C6H14BNOS/c1-5-6(2,3)8-7(4-10)9-5/h5,8,10H,4H2,1-3H3. The van der Waals surface area contributed by atoms with Gasteiger partial charge in [-0.25, -0.2) is 0 Å². The van der Waals surface area contributed by atoms with E-state index in [0.717, 1.165) is 5.65 Å². The third-order valence-corrected chi connectivity index (χ3v) is 2.42. The summed E-state index contributed by atoms with van der Waals surface area (Å²) in [5.74, 6) is 0. The molecule has 0 spiro atoms. The van der Waals surface area contributed by atoms with Gasteiger partial charge in [-0.05, 0) is 20.8 Å². The van der Waals surface area contributed by atoms with E-state index in [4.69, 9.17) is 4.65 Å². The first-order chi connectivity index (χ1) is 4.56. The first-order valence-electron chi connectivity index (χ1n) is 3.60. The lowest BCUT2D eigenvalue weighted by atomic mass is 9.86. The van der Waals surface area contributed by atoms with Crippen molar-refractivity contribution < 1.29 is 4.65 Å². The summed E-state index contributed by atoms with van der Waals surface area (Å²) in [5, 5.41) is 3.33. The molecule has 1 unspecified atom stereocenters. The monoisotopic (exact) mass is 159 g/mol. The van der Waals surface area contributed by atoms with E-state index in [2.05, 4.69) is 38.6 Å². The number of nitrogens with one attached hydrogen (secondary N) is 1. The van der Waals surface area contributed by atoms with E-state index in [1.54, 1.807) is 0 Å². The van der Waals surface area contributed by atoms with Gasteiger partial charge in [-0.15, -0.1) is 0 Å². The molecule has 1 aliphatic rings. The maximum absolute atomic E-state index is 5.54. The Balaban J connectivity index is 2.53. The van der Waals surface area contributed by atoms with Crippen molar-refractivity contribution in [2.75, 3.05) is 5.65 Å². The summed E-state index contributed by atoms with van der Waals surface area (Å²) in [6.45, 7) is 6.36. The van der Waals surface area contributed by atoms with E-state index in [1.165, 1.54) is 0 Å². The predicted molar refractivity (Wildman–Crippen MR) is 47.4 cm³/mol. The summed E-state index contributed by atoms with van der Waals surface area (Å²) >= 11 is 4.15. The van der Waals surface area contributed by atoms with Crippen molar-refractivity contribution in [3.63, 3.8) is 0 Å². The smallest absolute Gasteiger partial charge is 0.390 e. The lowest BCUT2D eigenvalue weighted by Gasteiger charge is -2.22. The van der Waals surface area contributed by atoms with Gasteiger partial charge < -0.3 is 9.88 Å². The Morgan fingerprint density at radius 3 is 2.50 bits per heavy atom. The summed E-state index contributed by atoms with van der Waals surface area (Å²) in [6.07, 6.45) is 0.282. The van der Waals surface area contributed by atoms with Gasteiger partial charge >= 0.3 is 7.05 Å². The Kier molecular flexibility index (Phi) is 2.33. The normalized spacial score (nSPS) is 31.2. The minimum absolute atomic E-state index is 0.105. The van der Waals surface area contributed by atoms with Crippen LogP contribution in [0.4, 0.5) is 0 Å². The summed E-state index contributed by atoms with van der Waals surface area (Å²) in [4.78, 5) is 0. The van der Waals surface area contributed by atoms with Crippen LogP contribution in [0.25, 0.3) is 0 Å². The van der Waals surface area contributed by atoms with Gasteiger partial charge in [-0.3, -0.25) is 0 Å². The van der Waals surface area contributed by atoms with Crippen molar-refractivity contribution in [3.8, 4) is 0 Å². The van der Waals surface area contributed by atoms with Crippen molar-refractivity contribution in [1.29, 1.82) is 0 Å². The topological polar surface area (TPSA) is 21.3 Å². The van der Waals surface area contributed by atoms with Gasteiger partial charge in [0.25, 0.3) is 0 Å². The zero-order valence-corrected chi connectivity index (χ0v) is 7.61. The van der Waals surface area contributed by atoms with Crippen molar-refractivity contribution >= 4 is 19.7 Å². The van der Waals surface area contributed by atoms with E-state index in [0.29, 0.717) is 0 Å². The highest BCUT2D eigenvalue weighted by molar-refractivity contribution is 7.81. The Morgan fingerprint density at radius 1 is 1.70 bits per heavy atom. The fourth-order valence-corrected chi connectivity index (χ4v) is 1.25. The minimum Gasteiger partial charge on any atom is -0.417 e. The first kappa shape index (κ1) is 8.43. The minimum atomic E-state index is 0.105. The van der Waals surface area contributed by atoms with Gasteiger partial charge in [-0.2, -0.15) is 12.6 Å². The second-order valence-electron chi connectivity index (χ2n) is 3.32. The first-order valence-corrected chi connectivity index (χ1v) is 4.23. The van der Waals surface area contributed by atoms with Crippen LogP contribution in [0.1, 0.15) is 20.8 Å². The van der Waals surface area contributed by atoms with E-state index < -0.39 is 0 Å². The second-order valence-corrected chi connectivity index (χ2v) is 3.68. The van der Waals surface area contributed by atoms with Gasteiger partial charge in [0.2, 0.25) is 0 Å². The third-order valence-electron chi connectivity index (χ3n) is 2.08. The SMILES string of the molecule is CC1OB(CS)NC1(C)C. The summed E-state index contributed by atoms with van der Waals surface area (Å²) in [6, 6.07) is 0. The zero-order chi connectivity index (χ0) is 7.78. The third kappa shape index (κ3) is 1.49. The van der Waals surface area contributed by atoms with Crippen molar-refractivity contribution in [1.82, 2.24) is 5.23 Å². The van der Waals surface area contributed by atoms with Gasteiger partial charge in [-0.1, -0.05) is 0 Å². The van der Waals surface area contributed by atoms with Crippen LogP contribution in [-0.4, -0.2) is 24.3 Å². The second kappa shape index (κ2) is 2.76. The highest BCUT2D eigenvalue weighted by Crippen LogP contribution is 2.20. The Hall–Kier alpha value is 0.335. The molecule has 1 aliphatic heterocycles. The van der Waals surface area contributed by atoms with E-state index >= 15 is 0 Å². The highest BCUT2D eigenvalue weighted by atomic mass is 32.1. The van der Waals surface area contributed by atoms with Crippen LogP contribution >= 0.6 is 12.6 Å². The molecule has 1 saturated heterocycles. The van der Waals surface area contributed by atoms with Crippen molar-refractivity contribution in [2.45, 2.75) is 32.4 Å². The molecular weight excluding hydrogens is 145 g/mol. The van der Waals surface area contributed by atoms with E-state index in [9.17, 15) is 0 Å². The summed E-state index contributed by atoms with van der Waals surface area (Å²) in [5.41, 5.74) is 0.848. The molecule has 0 aromatic rings. The largest absolute Gasteiger partial charge is 0.417 e. The summed E-state index contributed by atoms with van der Waals surface area (Å²) in [7, 11) is 0.133. The fourth-order valence-electron chi connectivity index (χ4n) is 1.07. The number of thiol groups is 1. The molecule has 1 rings (SSSR count). The molecule has 0 bridgehead atoms. The molecule has 0 saturated carbocycles. The average Bonchev–Trinajstić information content (AvgIpc) is 2.08. The molecule has 10 heavy (non-hydrogen) atoms. The number of hydrogen-bond donors (Lipinski definition) is 2. The van der Waals surface area contributed by atoms with Gasteiger partial charge in [0.15, 0.2) is 0 Å². The molecule has 1 N–H and O–H groups in total. The molecule has 0 aromatic carbocycles. The molecule has 2 nitrogen and oxygen atoms in total. The van der Waals surface area contributed by atoms with Crippen LogP contribution in [0.2, 0.25) is 0 Å². The lowest BCUT2D eigenvalue weighted by molar-refractivity contribution is 0.190. The molecule has 1 atom stereocenters. The molecule has 0 aliphatic carbocycles. The number of hydrogen-bond acceptors (Lipinski definition) is 3. The van der Waals surface area contributed by atoms with Crippen molar-refractivity contribution in [3.05, 3.63) is 0 Å². The van der Waals surface area contributed by atoms with Crippen LogP contribution in [0.3, 0.4) is 0 Å². The predicted octanol–water partition coefficient (Wildman–Crippen LogP) is 0.731. The number of rotatable bonds is 1. The quantitative estimate of drug-likeness (QED) is 0.434. The maximum Gasteiger partial charge on any atom is 0.390 e. The Labute approximate surface area is 68.3 Å². The van der Waals surface area contributed by atoms with Gasteiger partial charge in [0.05, 0.1) is 6.10 Å². The van der Waals surface area contributed by atoms with Crippen LogP contribution in [-0.2, 0) is 4.65 Å². The van der Waals surface area contributed by atoms with Crippen LogP contribution in [0.15, 0.2) is 0 Å². The fraction of sp³-hybridized carbons (Fsp3) is 1.00. The maximum atomic E-state index is 5.54. The van der Waals surface area contributed by atoms with Gasteiger partial charge in [0.1, 0.15) is 0 Å². The van der Waals surface area contributed by atoms with Gasteiger partial charge in [0, 0.05) is 11.2 Å². The van der Waals surface area contributed by atoms with Crippen LogP contribution in [0, 0.1) is 0 Å². The lowest BCUT2D eigenvalue weighted by Crippen LogP contribution is -2.44. The van der Waals surface area contributed by atoms with Crippen molar-refractivity contribution in [2.24, 2.45) is 0 Å². The zero-order valence-electron chi connectivity index (χ0n) is 6.72. The van der Waals surface area contributed by atoms with E-state index in [1.807, 2.05) is 0 Å². The molecule has 4 heteroatoms. The molecule has 1 heterocycles. The highest BCUT2D eigenvalue weighted by Gasteiger charge is 2.39. The molecule has 0 aromatic heterocycles. The summed E-state index contributed by atoms with van der Waals surface area (Å²) < 4.78 is 5.54. The average molecular weight is 159 g/mol. The van der Waals surface area contributed by atoms with Crippen LogP contribution < -0.4 is 5.23 Å². The molecule has 58 valence electrons. The molecular formula is C6H14BNOS. The Morgan fingerprint density at radius 2 is 2.30 bits per heavy atom.